The molecular weight excluding hydrogens is 394 g/mol. The van der Waals surface area contributed by atoms with E-state index in [1.54, 1.807) is 6.07 Å². The number of anilines is 1. The van der Waals surface area contributed by atoms with Crippen molar-refractivity contribution in [3.63, 3.8) is 0 Å². The molecule has 0 saturated carbocycles. The molecule has 4 rings (SSSR count). The van der Waals surface area contributed by atoms with Crippen molar-refractivity contribution in [2.75, 3.05) is 5.32 Å². The molecule has 2 aromatic heterocycles. The number of nitrogens with one attached hydrogen (secondary N) is 1. The summed E-state index contributed by atoms with van der Waals surface area (Å²) < 4.78 is 0. The average Bonchev–Trinajstić information content (AvgIpc) is 3.13. The second-order valence-corrected chi connectivity index (χ2v) is 7.45. The zero-order valence-corrected chi connectivity index (χ0v) is 16.3. The molecule has 0 saturated heterocycles. The molecule has 1 amide bonds. The third kappa shape index (κ3) is 3.52. The summed E-state index contributed by atoms with van der Waals surface area (Å²) in [5.74, 6) is -0.542. The first-order chi connectivity index (χ1) is 13.5. The molecule has 0 bridgehead atoms. The fraction of sp³-hybridized carbons (Fsp3) is 0.0476. The number of Topliss-reactive ketones (excluding diaryl/α,β-unsaturated/α-hetero) is 1. The van der Waals surface area contributed by atoms with Crippen molar-refractivity contribution in [2.24, 2.45) is 0 Å². The van der Waals surface area contributed by atoms with Crippen LogP contribution < -0.4 is 5.32 Å². The van der Waals surface area contributed by atoms with Crippen LogP contribution in [-0.2, 0) is 0 Å². The van der Waals surface area contributed by atoms with Crippen LogP contribution >= 0.6 is 22.9 Å². The van der Waals surface area contributed by atoms with Gasteiger partial charge in [0.05, 0.1) is 10.6 Å². The van der Waals surface area contributed by atoms with Crippen molar-refractivity contribution < 1.29 is 9.59 Å². The highest BCUT2D eigenvalue weighted by Gasteiger charge is 2.19. The van der Waals surface area contributed by atoms with Crippen molar-refractivity contribution in [1.82, 2.24) is 9.97 Å². The zero-order chi connectivity index (χ0) is 19.7. The fourth-order valence-electron chi connectivity index (χ4n) is 2.84. The van der Waals surface area contributed by atoms with Gasteiger partial charge in [-0.15, -0.1) is 0 Å². The van der Waals surface area contributed by atoms with Gasteiger partial charge in [-0.1, -0.05) is 77.5 Å². The molecule has 28 heavy (non-hydrogen) atoms. The predicted octanol–water partition coefficient (Wildman–Crippen LogP) is 5.47. The molecule has 2 heterocycles. The number of halogens is 1. The van der Waals surface area contributed by atoms with Gasteiger partial charge in [0.25, 0.3) is 5.91 Å². The maximum atomic E-state index is 12.7. The summed E-state index contributed by atoms with van der Waals surface area (Å²) in [6.45, 7) is 1.48. The average molecular weight is 408 g/mol. The summed E-state index contributed by atoms with van der Waals surface area (Å²) in [6, 6.07) is 18.5. The third-order valence-corrected chi connectivity index (χ3v) is 5.50. The van der Waals surface area contributed by atoms with Gasteiger partial charge in [0.1, 0.15) is 10.8 Å². The number of aromatic nitrogens is 2. The number of nitrogens with zero attached hydrogens (tertiary/aromatic N) is 2. The van der Waals surface area contributed by atoms with E-state index >= 15 is 0 Å². The van der Waals surface area contributed by atoms with Gasteiger partial charge in [-0.3, -0.25) is 14.9 Å². The molecule has 0 aliphatic rings. The van der Waals surface area contributed by atoms with Crippen molar-refractivity contribution in [2.45, 2.75) is 6.92 Å². The van der Waals surface area contributed by atoms with Crippen molar-refractivity contribution in [3.05, 3.63) is 76.4 Å². The molecule has 1 N–H and O–H groups in total. The molecule has 0 atom stereocenters. The Balaban J connectivity index is 1.68. The van der Waals surface area contributed by atoms with Crippen LogP contribution in [0.5, 0.6) is 0 Å². The van der Waals surface area contributed by atoms with Crippen LogP contribution in [-0.4, -0.2) is 21.7 Å². The predicted molar refractivity (Wildman–Crippen MR) is 112 cm³/mol. The number of pyridine rings is 1. The first kappa shape index (κ1) is 18.3. The van der Waals surface area contributed by atoms with Crippen LogP contribution in [0.3, 0.4) is 0 Å². The highest BCUT2D eigenvalue weighted by Crippen LogP contribution is 2.32. The van der Waals surface area contributed by atoms with E-state index in [0.29, 0.717) is 15.7 Å². The number of rotatable bonds is 4. The molecule has 0 aliphatic heterocycles. The number of thiazole rings is 1. The maximum Gasteiger partial charge on any atom is 0.276 e. The summed E-state index contributed by atoms with van der Waals surface area (Å²) in [5.41, 5.74) is 1.55. The lowest BCUT2D eigenvalue weighted by Crippen LogP contribution is -2.13. The quantitative estimate of drug-likeness (QED) is 0.360. The lowest BCUT2D eigenvalue weighted by molar-refractivity contribution is 0.101. The minimum atomic E-state index is -0.434. The van der Waals surface area contributed by atoms with Gasteiger partial charge >= 0.3 is 0 Å². The highest BCUT2D eigenvalue weighted by atomic mass is 35.5. The van der Waals surface area contributed by atoms with E-state index in [0.717, 1.165) is 27.7 Å². The lowest BCUT2D eigenvalue weighted by Gasteiger charge is -2.05. The van der Waals surface area contributed by atoms with Crippen LogP contribution in [0.2, 0.25) is 5.15 Å². The minimum absolute atomic E-state index is 0.108. The molecular formula is C21H14ClN3O2S. The molecule has 0 unspecified atom stereocenters. The molecule has 0 aliphatic carbocycles. The van der Waals surface area contributed by atoms with E-state index in [2.05, 4.69) is 15.3 Å². The van der Waals surface area contributed by atoms with Crippen LogP contribution in [0.4, 0.5) is 5.13 Å². The Kier molecular flexibility index (Phi) is 4.90. The van der Waals surface area contributed by atoms with Gasteiger partial charge in [-0.25, -0.2) is 9.97 Å². The molecule has 0 spiro atoms. The van der Waals surface area contributed by atoms with Crippen molar-refractivity contribution >= 4 is 50.5 Å². The van der Waals surface area contributed by atoms with E-state index in [9.17, 15) is 9.59 Å². The third-order valence-electron chi connectivity index (χ3n) is 4.14. The Labute approximate surface area is 170 Å². The van der Waals surface area contributed by atoms with E-state index in [1.165, 1.54) is 6.92 Å². The molecule has 0 fully saturated rings. The normalized spacial score (nSPS) is 10.8. The summed E-state index contributed by atoms with van der Waals surface area (Å²) in [7, 11) is 0. The van der Waals surface area contributed by atoms with E-state index in [4.69, 9.17) is 11.6 Å². The maximum absolute atomic E-state index is 12.7. The van der Waals surface area contributed by atoms with Crippen LogP contribution in [0, 0.1) is 0 Å². The van der Waals surface area contributed by atoms with Gasteiger partial charge < -0.3 is 0 Å². The molecule has 4 aromatic rings. The fourth-order valence-corrected chi connectivity index (χ4v) is 3.98. The van der Waals surface area contributed by atoms with Crippen LogP contribution in [0.25, 0.3) is 22.0 Å². The number of carbonyl (C=O) groups is 2. The summed E-state index contributed by atoms with van der Waals surface area (Å²) in [5, 5.41) is 4.92. The Morgan fingerprint density at radius 2 is 1.71 bits per heavy atom. The second kappa shape index (κ2) is 7.50. The lowest BCUT2D eigenvalue weighted by atomic mass is 10.1. The SMILES string of the molecule is CC(=O)c1sc(NC(=O)c2cc3ccccc3c(Cl)n2)nc1-c1ccccc1. The van der Waals surface area contributed by atoms with E-state index in [-0.39, 0.29) is 16.6 Å². The summed E-state index contributed by atoms with van der Waals surface area (Å²) in [6.07, 6.45) is 0. The highest BCUT2D eigenvalue weighted by molar-refractivity contribution is 7.18. The first-order valence-electron chi connectivity index (χ1n) is 8.47. The Bertz CT molecular complexity index is 1200. The van der Waals surface area contributed by atoms with Gasteiger partial charge in [0.2, 0.25) is 0 Å². The number of hydrogen-bond donors (Lipinski definition) is 1. The van der Waals surface area contributed by atoms with Crippen LogP contribution in [0.15, 0.2) is 60.7 Å². The Hall–Kier alpha value is -3.09. The van der Waals surface area contributed by atoms with Crippen molar-refractivity contribution in [1.29, 1.82) is 0 Å². The number of carbonyl (C=O) groups excluding carboxylic acids is 2. The monoisotopic (exact) mass is 407 g/mol. The number of amides is 1. The van der Waals surface area contributed by atoms with Crippen molar-refractivity contribution in [3.8, 4) is 11.3 Å². The molecule has 0 radical (unpaired) electrons. The number of fused-ring (bicyclic) bond motifs is 1. The number of benzene rings is 2. The van der Waals surface area contributed by atoms with Gasteiger partial charge in [-0.05, 0) is 11.5 Å². The summed E-state index contributed by atoms with van der Waals surface area (Å²) >= 11 is 7.35. The largest absolute Gasteiger partial charge is 0.296 e. The smallest absolute Gasteiger partial charge is 0.276 e. The Morgan fingerprint density at radius 1 is 1.00 bits per heavy atom. The molecule has 7 heteroatoms. The number of hydrogen-bond acceptors (Lipinski definition) is 5. The zero-order valence-electron chi connectivity index (χ0n) is 14.8. The topological polar surface area (TPSA) is 72.0 Å². The van der Waals surface area contributed by atoms with E-state index in [1.807, 2.05) is 54.6 Å². The van der Waals surface area contributed by atoms with E-state index < -0.39 is 5.91 Å². The second-order valence-electron chi connectivity index (χ2n) is 6.09. The van der Waals surface area contributed by atoms with Gasteiger partial charge in [0, 0.05) is 17.9 Å². The Morgan fingerprint density at radius 3 is 2.46 bits per heavy atom. The number of ketones is 1. The molecule has 2 aromatic carbocycles. The summed E-state index contributed by atoms with van der Waals surface area (Å²) in [4.78, 5) is 33.8. The minimum Gasteiger partial charge on any atom is -0.296 e. The standard InChI is InChI=1S/C21H14ClN3O2S/c1-12(26)18-17(13-7-3-2-4-8-13)24-21(28-18)25-20(27)16-11-14-9-5-6-10-15(14)19(22)23-16/h2-11H,1H3,(H,24,25,27). The van der Waals surface area contributed by atoms with Crippen LogP contribution in [0.1, 0.15) is 27.1 Å². The van der Waals surface area contributed by atoms with Gasteiger partial charge in [-0.2, -0.15) is 0 Å². The first-order valence-corrected chi connectivity index (χ1v) is 9.66. The molecule has 5 nitrogen and oxygen atoms in total. The molecule has 138 valence electrons. The van der Waals surface area contributed by atoms with Gasteiger partial charge in [0.15, 0.2) is 10.9 Å².